The van der Waals surface area contributed by atoms with Gasteiger partial charge in [0.1, 0.15) is 5.82 Å². The molecule has 0 atom stereocenters. The minimum atomic E-state index is -5.36. The highest BCUT2D eigenvalue weighted by Crippen LogP contribution is 2.29. The van der Waals surface area contributed by atoms with Crippen molar-refractivity contribution in [3.8, 4) is 0 Å². The van der Waals surface area contributed by atoms with Crippen molar-refractivity contribution in [3.05, 3.63) is 30.1 Å². The molecule has 14 heavy (non-hydrogen) atoms. The van der Waals surface area contributed by atoms with Crippen molar-refractivity contribution in [1.82, 2.24) is 0 Å². The van der Waals surface area contributed by atoms with E-state index < -0.39 is 26.1 Å². The van der Waals surface area contributed by atoms with Crippen LogP contribution in [-0.4, -0.2) is 13.9 Å². The summed E-state index contributed by atoms with van der Waals surface area (Å²) in [4.78, 5) is -0.966. The number of halogens is 4. The molecule has 0 radical (unpaired) electrons. The number of alkyl halides is 3. The molecule has 0 aromatic heterocycles. The van der Waals surface area contributed by atoms with Crippen LogP contribution in [0, 0.1) is 5.82 Å². The lowest BCUT2D eigenvalue weighted by Crippen LogP contribution is -2.23. The molecule has 0 amide bonds. The maximum absolute atomic E-state index is 12.3. The van der Waals surface area contributed by atoms with Gasteiger partial charge in [0.15, 0.2) is 0 Å². The quantitative estimate of drug-likeness (QED) is 0.545. The normalized spacial score (nSPS) is 12.9. The van der Waals surface area contributed by atoms with E-state index in [0.29, 0.717) is 24.3 Å². The first kappa shape index (κ1) is 11.0. The molecule has 0 saturated carbocycles. The third-order valence-electron chi connectivity index (χ3n) is 1.43. The lowest BCUT2D eigenvalue weighted by Gasteiger charge is -2.07. The zero-order chi connectivity index (χ0) is 11.0. The summed E-state index contributed by atoms with van der Waals surface area (Å²) >= 11 is 0. The van der Waals surface area contributed by atoms with Gasteiger partial charge in [-0.1, -0.05) is 0 Å². The van der Waals surface area contributed by atoms with E-state index in [0.717, 1.165) is 0 Å². The summed E-state index contributed by atoms with van der Waals surface area (Å²) in [6.45, 7) is 0. The Morgan fingerprint density at radius 3 is 1.79 bits per heavy atom. The molecule has 0 aliphatic carbocycles. The highest BCUT2D eigenvalue weighted by molar-refractivity contribution is 7.92. The number of hydrogen-bond donors (Lipinski definition) is 0. The van der Waals surface area contributed by atoms with Crippen LogP contribution in [-0.2, 0) is 9.84 Å². The van der Waals surface area contributed by atoms with Gasteiger partial charge < -0.3 is 0 Å². The Bertz CT molecular complexity index is 418. The molecule has 78 valence electrons. The van der Waals surface area contributed by atoms with E-state index in [4.69, 9.17) is 0 Å². The summed E-state index contributed by atoms with van der Waals surface area (Å²) in [6.07, 6.45) is 0. The van der Waals surface area contributed by atoms with Gasteiger partial charge in [-0.25, -0.2) is 12.8 Å². The average Bonchev–Trinajstić information content (AvgIpc) is 2.03. The molecule has 0 aliphatic rings. The molecule has 1 aromatic carbocycles. The highest BCUT2D eigenvalue weighted by Gasteiger charge is 2.46. The van der Waals surface area contributed by atoms with Crippen LogP contribution >= 0.6 is 0 Å². The van der Waals surface area contributed by atoms with Gasteiger partial charge >= 0.3 is 5.51 Å². The van der Waals surface area contributed by atoms with Crippen LogP contribution < -0.4 is 0 Å². The van der Waals surface area contributed by atoms with Crippen molar-refractivity contribution in [2.45, 2.75) is 10.4 Å². The van der Waals surface area contributed by atoms with Gasteiger partial charge in [0.05, 0.1) is 4.90 Å². The first-order valence-electron chi connectivity index (χ1n) is 3.32. The standard InChI is InChI=1S/C7H4F4O2S/c8-5-1-3-6(4-2-5)14(12,13)7(9,10)11/h1-4H. The van der Waals surface area contributed by atoms with Crippen molar-refractivity contribution >= 4 is 9.84 Å². The van der Waals surface area contributed by atoms with Gasteiger partial charge in [-0.3, -0.25) is 0 Å². The van der Waals surface area contributed by atoms with E-state index in [2.05, 4.69) is 0 Å². The van der Waals surface area contributed by atoms with E-state index in [-0.39, 0.29) is 0 Å². The highest BCUT2D eigenvalue weighted by atomic mass is 32.2. The molecule has 2 nitrogen and oxygen atoms in total. The van der Waals surface area contributed by atoms with Crippen molar-refractivity contribution < 1.29 is 26.0 Å². The number of benzene rings is 1. The zero-order valence-electron chi connectivity index (χ0n) is 6.55. The molecule has 7 heteroatoms. The Kier molecular flexibility index (Phi) is 2.53. The van der Waals surface area contributed by atoms with Gasteiger partial charge in [-0.05, 0) is 24.3 Å². The molecule has 0 aliphatic heterocycles. The summed E-state index contributed by atoms with van der Waals surface area (Å²) in [5, 5.41) is 0. The summed E-state index contributed by atoms with van der Waals surface area (Å²) in [6, 6.07) is 2.44. The first-order valence-corrected chi connectivity index (χ1v) is 4.80. The average molecular weight is 228 g/mol. The van der Waals surface area contributed by atoms with Gasteiger partial charge in [0.2, 0.25) is 0 Å². The molecular weight excluding hydrogens is 224 g/mol. The minimum Gasteiger partial charge on any atom is -0.214 e. The van der Waals surface area contributed by atoms with E-state index in [1.807, 2.05) is 0 Å². The van der Waals surface area contributed by atoms with Crippen LogP contribution in [0.1, 0.15) is 0 Å². The fraction of sp³-hybridized carbons (Fsp3) is 0.143. The van der Waals surface area contributed by atoms with Crippen LogP contribution in [0.5, 0.6) is 0 Å². The maximum Gasteiger partial charge on any atom is 0.501 e. The molecule has 1 aromatic rings. The molecule has 0 saturated heterocycles. The molecule has 0 unspecified atom stereocenters. The van der Waals surface area contributed by atoms with Crippen molar-refractivity contribution in [1.29, 1.82) is 0 Å². The van der Waals surface area contributed by atoms with Crippen LogP contribution in [0.2, 0.25) is 0 Å². The monoisotopic (exact) mass is 228 g/mol. The number of sulfone groups is 1. The fourth-order valence-corrected chi connectivity index (χ4v) is 1.51. The van der Waals surface area contributed by atoms with Gasteiger partial charge in [-0.2, -0.15) is 13.2 Å². The van der Waals surface area contributed by atoms with Crippen LogP contribution in [0.4, 0.5) is 17.6 Å². The van der Waals surface area contributed by atoms with Crippen LogP contribution in [0.3, 0.4) is 0 Å². The summed E-state index contributed by atoms with van der Waals surface area (Å²) < 4.78 is 69.5. The Morgan fingerprint density at radius 1 is 1.00 bits per heavy atom. The number of hydrogen-bond acceptors (Lipinski definition) is 2. The second-order valence-electron chi connectivity index (χ2n) is 2.40. The summed E-state index contributed by atoms with van der Waals surface area (Å²) in [5.41, 5.74) is -5.36. The number of rotatable bonds is 1. The molecule has 0 N–H and O–H groups in total. The fourth-order valence-electron chi connectivity index (χ4n) is 0.747. The predicted octanol–water partition coefficient (Wildman–Crippen LogP) is 2.12. The summed E-state index contributed by atoms with van der Waals surface area (Å²) in [7, 11) is -5.36. The molecule has 0 bridgehead atoms. The van der Waals surface area contributed by atoms with Crippen molar-refractivity contribution in [3.63, 3.8) is 0 Å². The second-order valence-corrected chi connectivity index (χ2v) is 4.34. The van der Waals surface area contributed by atoms with Gasteiger partial charge in [-0.15, -0.1) is 0 Å². The largest absolute Gasteiger partial charge is 0.501 e. The van der Waals surface area contributed by atoms with E-state index in [1.54, 1.807) is 0 Å². The lowest BCUT2D eigenvalue weighted by atomic mass is 10.4. The van der Waals surface area contributed by atoms with E-state index >= 15 is 0 Å². The zero-order valence-corrected chi connectivity index (χ0v) is 7.36. The van der Waals surface area contributed by atoms with Gasteiger partial charge in [0.25, 0.3) is 9.84 Å². The lowest BCUT2D eigenvalue weighted by molar-refractivity contribution is -0.0436. The van der Waals surface area contributed by atoms with E-state index in [1.165, 1.54) is 0 Å². The van der Waals surface area contributed by atoms with Crippen LogP contribution in [0.15, 0.2) is 29.2 Å². The Hall–Kier alpha value is -1.11. The molecule has 0 fully saturated rings. The van der Waals surface area contributed by atoms with E-state index in [9.17, 15) is 26.0 Å². The van der Waals surface area contributed by atoms with Crippen molar-refractivity contribution in [2.75, 3.05) is 0 Å². The molecule has 1 rings (SSSR count). The third-order valence-corrected chi connectivity index (χ3v) is 2.93. The molecule has 0 spiro atoms. The first-order chi connectivity index (χ1) is 6.25. The SMILES string of the molecule is O=S(=O)(c1ccc(F)cc1)C(F)(F)F. The Morgan fingerprint density at radius 2 is 1.43 bits per heavy atom. The third kappa shape index (κ3) is 1.87. The van der Waals surface area contributed by atoms with Crippen LogP contribution in [0.25, 0.3) is 0 Å². The predicted molar refractivity (Wildman–Crippen MR) is 39.6 cm³/mol. The van der Waals surface area contributed by atoms with Gasteiger partial charge in [0, 0.05) is 0 Å². The maximum atomic E-state index is 12.3. The Labute approximate surface area is 77.1 Å². The second kappa shape index (κ2) is 3.23. The Balaban J connectivity index is 3.25. The topological polar surface area (TPSA) is 34.1 Å². The summed E-state index contributed by atoms with van der Waals surface area (Å²) in [5.74, 6) is -0.800. The van der Waals surface area contributed by atoms with Crippen molar-refractivity contribution in [2.24, 2.45) is 0 Å². The minimum absolute atomic E-state index is 0.568. The smallest absolute Gasteiger partial charge is 0.214 e. The molecule has 0 heterocycles. The molecular formula is C7H4F4O2S.